The van der Waals surface area contributed by atoms with Gasteiger partial charge in [0, 0.05) is 35.1 Å². The van der Waals surface area contributed by atoms with Gasteiger partial charge in [-0.25, -0.2) is 0 Å². The number of hydrogen-bond acceptors (Lipinski definition) is 3. The van der Waals surface area contributed by atoms with Gasteiger partial charge < -0.3 is 10.2 Å². The van der Waals surface area contributed by atoms with Crippen molar-refractivity contribution in [1.29, 1.82) is 0 Å². The molecule has 1 aliphatic rings. The average Bonchev–Trinajstić information content (AvgIpc) is 2.79. The van der Waals surface area contributed by atoms with Gasteiger partial charge in [-0.05, 0) is 12.5 Å². The zero-order valence-corrected chi connectivity index (χ0v) is 11.9. The predicted octanol–water partition coefficient (Wildman–Crippen LogP) is 2.73. The zero-order chi connectivity index (χ0) is 13.2. The molecular formula is C15H18N2OS. The van der Waals surface area contributed by atoms with Crippen LogP contribution in [-0.4, -0.2) is 36.5 Å². The molecule has 1 amide bonds. The molecule has 19 heavy (non-hydrogen) atoms. The summed E-state index contributed by atoms with van der Waals surface area (Å²) >= 11 is 1.65. The summed E-state index contributed by atoms with van der Waals surface area (Å²) in [5.74, 6) is 0.186. The van der Waals surface area contributed by atoms with E-state index in [1.54, 1.807) is 11.3 Å². The Kier molecular flexibility index (Phi) is 3.53. The predicted molar refractivity (Wildman–Crippen MR) is 79.8 cm³/mol. The van der Waals surface area contributed by atoms with Crippen molar-refractivity contribution < 1.29 is 4.79 Å². The smallest absolute Gasteiger partial charge is 0.255 e. The van der Waals surface area contributed by atoms with Gasteiger partial charge >= 0.3 is 0 Å². The van der Waals surface area contributed by atoms with Crippen LogP contribution in [0.15, 0.2) is 29.6 Å². The molecule has 0 bridgehead atoms. The Balaban J connectivity index is 1.92. The van der Waals surface area contributed by atoms with Gasteiger partial charge in [-0.15, -0.1) is 11.3 Å². The summed E-state index contributed by atoms with van der Waals surface area (Å²) < 4.78 is 1.19. The molecule has 0 saturated carbocycles. The zero-order valence-electron chi connectivity index (χ0n) is 11.1. The van der Waals surface area contributed by atoms with Crippen LogP contribution in [0, 0.1) is 0 Å². The van der Waals surface area contributed by atoms with Crippen LogP contribution in [0.2, 0.25) is 0 Å². The van der Waals surface area contributed by atoms with Crippen LogP contribution in [0.25, 0.3) is 10.1 Å². The average molecular weight is 274 g/mol. The van der Waals surface area contributed by atoms with Gasteiger partial charge in [0.15, 0.2) is 0 Å². The van der Waals surface area contributed by atoms with E-state index in [-0.39, 0.29) is 5.91 Å². The van der Waals surface area contributed by atoms with Crippen LogP contribution < -0.4 is 5.32 Å². The molecule has 0 aliphatic carbocycles. The van der Waals surface area contributed by atoms with Gasteiger partial charge in [0.05, 0.1) is 11.6 Å². The fourth-order valence-corrected chi connectivity index (χ4v) is 3.42. The van der Waals surface area contributed by atoms with Crippen molar-refractivity contribution in [1.82, 2.24) is 10.2 Å². The summed E-state index contributed by atoms with van der Waals surface area (Å²) in [6, 6.07) is 8.51. The van der Waals surface area contributed by atoms with E-state index in [0.717, 1.165) is 37.0 Å². The lowest BCUT2D eigenvalue weighted by atomic mass is 10.1. The minimum atomic E-state index is 0.186. The Morgan fingerprint density at radius 1 is 1.42 bits per heavy atom. The van der Waals surface area contributed by atoms with Crippen molar-refractivity contribution in [2.75, 3.05) is 19.6 Å². The lowest BCUT2D eigenvalue weighted by Crippen LogP contribution is -2.59. The summed E-state index contributed by atoms with van der Waals surface area (Å²) in [4.78, 5) is 14.8. The van der Waals surface area contributed by atoms with Crippen molar-refractivity contribution in [3.63, 3.8) is 0 Å². The number of fused-ring (bicyclic) bond motifs is 1. The SMILES string of the molecule is CCCN(C(=O)c1csc2ccccc12)C1CNC1. The second-order valence-electron chi connectivity index (χ2n) is 4.96. The number of thiophene rings is 1. The van der Waals surface area contributed by atoms with Crippen molar-refractivity contribution in [3.8, 4) is 0 Å². The normalized spacial score (nSPS) is 15.4. The molecule has 3 rings (SSSR count). The minimum absolute atomic E-state index is 0.186. The second kappa shape index (κ2) is 5.31. The van der Waals surface area contributed by atoms with Crippen LogP contribution in [0.4, 0.5) is 0 Å². The Morgan fingerprint density at radius 3 is 2.89 bits per heavy atom. The molecule has 1 aliphatic heterocycles. The first-order valence-corrected chi connectivity index (χ1v) is 7.67. The molecule has 2 aromatic rings. The van der Waals surface area contributed by atoms with E-state index in [2.05, 4.69) is 18.3 Å². The van der Waals surface area contributed by atoms with Gasteiger partial charge in [0.25, 0.3) is 5.91 Å². The highest BCUT2D eigenvalue weighted by Crippen LogP contribution is 2.27. The van der Waals surface area contributed by atoms with Gasteiger partial charge in [0.1, 0.15) is 0 Å². The van der Waals surface area contributed by atoms with E-state index in [1.807, 2.05) is 28.5 Å². The first-order valence-electron chi connectivity index (χ1n) is 6.79. The van der Waals surface area contributed by atoms with Gasteiger partial charge in [-0.3, -0.25) is 4.79 Å². The molecular weight excluding hydrogens is 256 g/mol. The van der Waals surface area contributed by atoms with Crippen LogP contribution in [0.1, 0.15) is 23.7 Å². The quantitative estimate of drug-likeness (QED) is 0.929. The molecule has 100 valence electrons. The van der Waals surface area contributed by atoms with Crippen LogP contribution in [-0.2, 0) is 0 Å². The highest BCUT2D eigenvalue weighted by molar-refractivity contribution is 7.17. The number of hydrogen-bond donors (Lipinski definition) is 1. The summed E-state index contributed by atoms with van der Waals surface area (Å²) in [5.41, 5.74) is 0.862. The molecule has 1 aromatic heterocycles. The summed E-state index contributed by atoms with van der Waals surface area (Å²) in [5, 5.41) is 6.34. The maximum absolute atomic E-state index is 12.7. The highest BCUT2D eigenvalue weighted by atomic mass is 32.1. The number of carbonyl (C=O) groups is 1. The fraction of sp³-hybridized carbons (Fsp3) is 0.400. The fourth-order valence-electron chi connectivity index (χ4n) is 2.48. The maximum Gasteiger partial charge on any atom is 0.255 e. The van der Waals surface area contributed by atoms with Crippen LogP contribution in [0.5, 0.6) is 0 Å². The molecule has 1 fully saturated rings. The largest absolute Gasteiger partial charge is 0.333 e. The Morgan fingerprint density at radius 2 is 2.21 bits per heavy atom. The molecule has 4 heteroatoms. The third-order valence-electron chi connectivity index (χ3n) is 3.64. The molecule has 1 N–H and O–H groups in total. The second-order valence-corrected chi connectivity index (χ2v) is 5.87. The Labute approximate surface area is 117 Å². The first-order chi connectivity index (χ1) is 9.31. The van der Waals surface area contributed by atoms with E-state index in [4.69, 9.17) is 0 Å². The van der Waals surface area contributed by atoms with Crippen molar-refractivity contribution in [3.05, 3.63) is 35.2 Å². The molecule has 0 unspecified atom stereocenters. The van der Waals surface area contributed by atoms with Gasteiger partial charge in [0.2, 0.25) is 0 Å². The molecule has 2 heterocycles. The van der Waals surface area contributed by atoms with E-state index in [1.165, 1.54) is 4.70 Å². The van der Waals surface area contributed by atoms with Gasteiger partial charge in [-0.2, -0.15) is 0 Å². The molecule has 1 aromatic carbocycles. The lowest BCUT2D eigenvalue weighted by Gasteiger charge is -2.38. The third-order valence-corrected chi connectivity index (χ3v) is 4.60. The summed E-state index contributed by atoms with van der Waals surface area (Å²) in [6.45, 7) is 4.81. The standard InChI is InChI=1S/C15H18N2OS/c1-2-7-17(11-8-16-9-11)15(18)13-10-19-14-6-4-3-5-12(13)14/h3-6,10-11,16H,2,7-9H2,1H3. The summed E-state index contributed by atoms with van der Waals surface area (Å²) in [7, 11) is 0. The first kappa shape index (κ1) is 12.6. The van der Waals surface area contributed by atoms with E-state index in [0.29, 0.717) is 6.04 Å². The van der Waals surface area contributed by atoms with Crippen LogP contribution >= 0.6 is 11.3 Å². The van der Waals surface area contributed by atoms with E-state index >= 15 is 0 Å². The summed E-state index contributed by atoms with van der Waals surface area (Å²) in [6.07, 6.45) is 1.00. The maximum atomic E-state index is 12.7. The van der Waals surface area contributed by atoms with Gasteiger partial charge in [-0.1, -0.05) is 25.1 Å². The number of amides is 1. The molecule has 0 radical (unpaired) electrons. The molecule has 0 atom stereocenters. The minimum Gasteiger partial charge on any atom is -0.333 e. The van der Waals surface area contributed by atoms with Crippen molar-refractivity contribution in [2.45, 2.75) is 19.4 Å². The monoisotopic (exact) mass is 274 g/mol. The topological polar surface area (TPSA) is 32.3 Å². The third kappa shape index (κ3) is 2.26. The van der Waals surface area contributed by atoms with Crippen molar-refractivity contribution in [2.24, 2.45) is 0 Å². The molecule has 1 saturated heterocycles. The molecule has 3 nitrogen and oxygen atoms in total. The Bertz CT molecular complexity index is 589. The number of nitrogens with zero attached hydrogens (tertiary/aromatic N) is 1. The van der Waals surface area contributed by atoms with E-state index < -0.39 is 0 Å². The number of rotatable bonds is 4. The number of nitrogens with one attached hydrogen (secondary N) is 1. The lowest BCUT2D eigenvalue weighted by molar-refractivity contribution is 0.0618. The van der Waals surface area contributed by atoms with Crippen LogP contribution in [0.3, 0.4) is 0 Å². The number of benzene rings is 1. The van der Waals surface area contributed by atoms with E-state index in [9.17, 15) is 4.79 Å². The van der Waals surface area contributed by atoms with Crippen molar-refractivity contribution >= 4 is 27.3 Å². The number of carbonyl (C=O) groups excluding carboxylic acids is 1. The molecule has 0 spiro atoms. The Hall–Kier alpha value is -1.39. The highest BCUT2D eigenvalue weighted by Gasteiger charge is 2.29.